The minimum atomic E-state index is 0.0360. The average molecular weight is 281 g/mol. The highest BCUT2D eigenvalue weighted by atomic mass is 15.0. The average Bonchev–Trinajstić information content (AvgIpc) is 2.45. The summed E-state index contributed by atoms with van der Waals surface area (Å²) in [6, 6.07) is 12.8. The first-order valence-corrected chi connectivity index (χ1v) is 7.86. The topological polar surface area (TPSA) is 37.8 Å². The van der Waals surface area contributed by atoms with Crippen molar-refractivity contribution < 1.29 is 0 Å². The number of nitrogens with zero attached hydrogens (tertiary/aromatic N) is 2. The molecule has 0 unspecified atom stereocenters. The maximum Gasteiger partial charge on any atom is 0.139 e. The summed E-state index contributed by atoms with van der Waals surface area (Å²) in [7, 11) is 0. The molecule has 1 N–H and O–H groups in total. The molecule has 0 spiro atoms. The zero-order chi connectivity index (χ0) is 14.7. The molecular formula is C18H23N3. The standard InChI is InChI=1S/C18H23N3/c1-3-19-13-16-12-14(2)20-17(21-16)18(10-7-11-18)15-8-5-4-6-9-15/h4-6,8-9,12,19H,3,7,10-11,13H2,1-2H3. The summed E-state index contributed by atoms with van der Waals surface area (Å²) < 4.78 is 0. The Kier molecular flexibility index (Phi) is 4.02. The molecule has 1 heterocycles. The Bertz CT molecular complexity index is 603. The van der Waals surface area contributed by atoms with E-state index in [0.29, 0.717) is 0 Å². The zero-order valence-electron chi connectivity index (χ0n) is 12.9. The molecule has 1 aromatic heterocycles. The summed E-state index contributed by atoms with van der Waals surface area (Å²) in [5.74, 6) is 1.01. The van der Waals surface area contributed by atoms with Gasteiger partial charge < -0.3 is 5.32 Å². The molecule has 0 bridgehead atoms. The highest BCUT2D eigenvalue weighted by Crippen LogP contribution is 2.47. The van der Waals surface area contributed by atoms with Crippen LogP contribution in [-0.2, 0) is 12.0 Å². The SMILES string of the molecule is CCNCc1cc(C)nc(C2(c3ccccc3)CCC2)n1. The first-order valence-electron chi connectivity index (χ1n) is 7.86. The van der Waals surface area contributed by atoms with Crippen LogP contribution >= 0.6 is 0 Å². The normalized spacial score (nSPS) is 16.5. The number of rotatable bonds is 5. The van der Waals surface area contributed by atoms with E-state index in [1.54, 1.807) is 0 Å². The van der Waals surface area contributed by atoms with E-state index in [1.165, 1.54) is 12.0 Å². The van der Waals surface area contributed by atoms with Gasteiger partial charge in [-0.2, -0.15) is 0 Å². The first-order chi connectivity index (χ1) is 10.2. The van der Waals surface area contributed by atoms with E-state index < -0.39 is 0 Å². The van der Waals surface area contributed by atoms with E-state index in [2.05, 4.69) is 55.6 Å². The van der Waals surface area contributed by atoms with Gasteiger partial charge in [0.15, 0.2) is 0 Å². The molecule has 3 heteroatoms. The van der Waals surface area contributed by atoms with Crippen LogP contribution in [0, 0.1) is 6.92 Å². The molecular weight excluding hydrogens is 258 g/mol. The number of benzene rings is 1. The second kappa shape index (κ2) is 5.94. The molecule has 0 aliphatic heterocycles. The van der Waals surface area contributed by atoms with Crippen LogP contribution < -0.4 is 5.32 Å². The van der Waals surface area contributed by atoms with E-state index in [4.69, 9.17) is 9.97 Å². The lowest BCUT2D eigenvalue weighted by Gasteiger charge is -2.41. The van der Waals surface area contributed by atoms with Gasteiger partial charge in [0, 0.05) is 12.2 Å². The van der Waals surface area contributed by atoms with Crippen molar-refractivity contribution >= 4 is 0 Å². The fourth-order valence-corrected chi connectivity index (χ4v) is 3.12. The van der Waals surface area contributed by atoms with Gasteiger partial charge in [0.05, 0.1) is 11.1 Å². The van der Waals surface area contributed by atoms with Crippen molar-refractivity contribution in [1.29, 1.82) is 0 Å². The van der Waals surface area contributed by atoms with Crippen molar-refractivity contribution in [3.05, 3.63) is 59.2 Å². The van der Waals surface area contributed by atoms with E-state index in [9.17, 15) is 0 Å². The van der Waals surface area contributed by atoms with Gasteiger partial charge in [-0.25, -0.2) is 9.97 Å². The van der Waals surface area contributed by atoms with Crippen LogP contribution in [0.5, 0.6) is 0 Å². The molecule has 1 fully saturated rings. The van der Waals surface area contributed by atoms with Crippen molar-refractivity contribution in [2.75, 3.05) is 6.54 Å². The number of hydrogen-bond donors (Lipinski definition) is 1. The van der Waals surface area contributed by atoms with Crippen molar-refractivity contribution in [1.82, 2.24) is 15.3 Å². The molecule has 1 saturated carbocycles. The van der Waals surface area contributed by atoms with Gasteiger partial charge in [0.2, 0.25) is 0 Å². The molecule has 0 saturated heterocycles. The fourth-order valence-electron chi connectivity index (χ4n) is 3.12. The second-order valence-electron chi connectivity index (χ2n) is 5.91. The van der Waals surface area contributed by atoms with Gasteiger partial charge in [0.1, 0.15) is 5.82 Å². The summed E-state index contributed by atoms with van der Waals surface area (Å²) in [4.78, 5) is 9.64. The predicted octanol–water partition coefficient (Wildman–Crippen LogP) is 3.36. The third-order valence-electron chi connectivity index (χ3n) is 4.42. The third kappa shape index (κ3) is 2.70. The Morgan fingerprint density at radius 1 is 1.14 bits per heavy atom. The van der Waals surface area contributed by atoms with Gasteiger partial charge in [-0.15, -0.1) is 0 Å². The van der Waals surface area contributed by atoms with E-state index >= 15 is 0 Å². The van der Waals surface area contributed by atoms with Crippen LogP contribution in [0.1, 0.15) is 49.0 Å². The van der Waals surface area contributed by atoms with Crippen LogP contribution in [0.2, 0.25) is 0 Å². The van der Waals surface area contributed by atoms with Crippen LogP contribution in [0.4, 0.5) is 0 Å². The Labute approximate surface area is 126 Å². The van der Waals surface area contributed by atoms with Crippen LogP contribution in [0.25, 0.3) is 0 Å². The lowest BCUT2D eigenvalue weighted by atomic mass is 9.64. The molecule has 0 amide bonds. The Balaban J connectivity index is 1.99. The minimum Gasteiger partial charge on any atom is -0.311 e. The van der Waals surface area contributed by atoms with Crippen molar-refractivity contribution in [2.45, 2.75) is 45.1 Å². The smallest absolute Gasteiger partial charge is 0.139 e. The molecule has 1 aromatic carbocycles. The number of aromatic nitrogens is 2. The van der Waals surface area contributed by atoms with Crippen molar-refractivity contribution in [3.63, 3.8) is 0 Å². The Morgan fingerprint density at radius 3 is 2.52 bits per heavy atom. The summed E-state index contributed by atoms with van der Waals surface area (Å²) >= 11 is 0. The number of nitrogens with one attached hydrogen (secondary N) is 1. The molecule has 110 valence electrons. The van der Waals surface area contributed by atoms with Gasteiger partial charge in [-0.1, -0.05) is 43.7 Å². The summed E-state index contributed by atoms with van der Waals surface area (Å²) in [6.45, 7) is 5.96. The van der Waals surface area contributed by atoms with Crippen LogP contribution in [0.3, 0.4) is 0 Å². The maximum atomic E-state index is 4.87. The Morgan fingerprint density at radius 2 is 1.90 bits per heavy atom. The summed E-state index contributed by atoms with van der Waals surface area (Å²) in [6.07, 6.45) is 3.57. The largest absolute Gasteiger partial charge is 0.311 e. The van der Waals surface area contributed by atoms with Crippen molar-refractivity contribution in [3.8, 4) is 0 Å². The highest BCUT2D eigenvalue weighted by Gasteiger charge is 2.43. The molecule has 21 heavy (non-hydrogen) atoms. The molecule has 0 atom stereocenters. The highest BCUT2D eigenvalue weighted by molar-refractivity contribution is 5.36. The molecule has 1 aliphatic rings. The number of hydrogen-bond acceptors (Lipinski definition) is 3. The third-order valence-corrected chi connectivity index (χ3v) is 4.42. The van der Waals surface area contributed by atoms with Crippen molar-refractivity contribution in [2.24, 2.45) is 0 Å². The lowest BCUT2D eigenvalue weighted by molar-refractivity contribution is 0.283. The van der Waals surface area contributed by atoms with Crippen LogP contribution in [-0.4, -0.2) is 16.5 Å². The molecule has 3 nitrogen and oxygen atoms in total. The summed E-state index contributed by atoms with van der Waals surface area (Å²) in [5.41, 5.74) is 3.56. The second-order valence-corrected chi connectivity index (χ2v) is 5.91. The van der Waals surface area contributed by atoms with Gasteiger partial charge in [0.25, 0.3) is 0 Å². The maximum absolute atomic E-state index is 4.87. The predicted molar refractivity (Wildman–Crippen MR) is 85.2 cm³/mol. The lowest BCUT2D eigenvalue weighted by Crippen LogP contribution is -2.38. The van der Waals surface area contributed by atoms with E-state index in [0.717, 1.165) is 43.1 Å². The minimum absolute atomic E-state index is 0.0360. The molecule has 2 aromatic rings. The summed E-state index contributed by atoms with van der Waals surface area (Å²) in [5, 5.41) is 3.36. The van der Waals surface area contributed by atoms with E-state index in [1.807, 2.05) is 0 Å². The molecule has 0 radical (unpaired) electrons. The molecule has 3 rings (SSSR count). The quantitative estimate of drug-likeness (QED) is 0.913. The van der Waals surface area contributed by atoms with E-state index in [-0.39, 0.29) is 5.41 Å². The van der Waals surface area contributed by atoms with Gasteiger partial charge in [-0.3, -0.25) is 0 Å². The Hall–Kier alpha value is -1.74. The monoisotopic (exact) mass is 281 g/mol. The zero-order valence-corrected chi connectivity index (χ0v) is 12.9. The first kappa shape index (κ1) is 14.2. The fraction of sp³-hybridized carbons (Fsp3) is 0.444. The van der Waals surface area contributed by atoms with Gasteiger partial charge in [-0.05, 0) is 37.9 Å². The van der Waals surface area contributed by atoms with Gasteiger partial charge >= 0.3 is 0 Å². The molecule has 1 aliphatic carbocycles. The number of aryl methyl sites for hydroxylation is 1. The van der Waals surface area contributed by atoms with Crippen LogP contribution in [0.15, 0.2) is 36.4 Å².